The summed E-state index contributed by atoms with van der Waals surface area (Å²) < 4.78 is 21.8. The number of rotatable bonds is 4. The molecular formula is C22H31FN2O4Si. The molecule has 2 amide bonds. The van der Waals surface area contributed by atoms with E-state index < -0.39 is 25.7 Å². The first kappa shape index (κ1) is 21.5. The number of aliphatic hydroxyl groups excluding tert-OH is 1. The van der Waals surface area contributed by atoms with Gasteiger partial charge in [-0.1, -0.05) is 6.92 Å². The highest BCUT2D eigenvalue weighted by molar-refractivity contribution is 6.72. The van der Waals surface area contributed by atoms with Crippen molar-refractivity contribution in [2.24, 2.45) is 5.92 Å². The number of ether oxygens (including phenoxy) is 1. The van der Waals surface area contributed by atoms with Crippen LogP contribution < -0.4 is 9.80 Å². The molecule has 4 atom stereocenters. The van der Waals surface area contributed by atoms with Crippen LogP contribution in [0.4, 0.5) is 15.5 Å². The molecule has 8 heteroatoms. The molecule has 1 aromatic rings. The standard InChI is InChI=1S/C22H31FN2O4Si/c1-14-20(30(3,4)23)18(10-12-26)29-22(14)16-13-15(25-11-6-5-7-19(25)27)8-9-17(16)24(2)21(22)28/h8-9,13-14,18,20,26H,5-7,10-12H2,1-4H3/t14-,18+,20-,22+/m0/s1. The van der Waals surface area contributed by atoms with Crippen LogP contribution in [0.25, 0.3) is 0 Å². The van der Waals surface area contributed by atoms with Gasteiger partial charge in [0.25, 0.3) is 5.91 Å². The Bertz CT molecular complexity index is 873. The van der Waals surface area contributed by atoms with E-state index in [2.05, 4.69) is 0 Å². The average Bonchev–Trinajstić information content (AvgIpc) is 3.10. The Morgan fingerprint density at radius 2 is 2.03 bits per heavy atom. The summed E-state index contributed by atoms with van der Waals surface area (Å²) in [6, 6.07) is 5.63. The highest BCUT2D eigenvalue weighted by atomic mass is 28.4. The molecule has 3 aliphatic heterocycles. The number of benzene rings is 1. The van der Waals surface area contributed by atoms with Gasteiger partial charge in [-0.15, -0.1) is 0 Å². The van der Waals surface area contributed by atoms with Crippen LogP contribution in [0.5, 0.6) is 0 Å². The van der Waals surface area contributed by atoms with Gasteiger partial charge in [0.05, 0.1) is 11.8 Å². The van der Waals surface area contributed by atoms with Crippen LogP contribution in [0.15, 0.2) is 18.2 Å². The summed E-state index contributed by atoms with van der Waals surface area (Å²) in [4.78, 5) is 29.3. The molecule has 2 fully saturated rings. The first-order valence-electron chi connectivity index (χ1n) is 10.8. The summed E-state index contributed by atoms with van der Waals surface area (Å²) in [7, 11) is -1.47. The fraction of sp³-hybridized carbons (Fsp3) is 0.636. The third-order valence-electron chi connectivity index (χ3n) is 7.12. The van der Waals surface area contributed by atoms with Crippen LogP contribution in [0.1, 0.15) is 38.2 Å². The quantitative estimate of drug-likeness (QED) is 0.583. The lowest BCUT2D eigenvalue weighted by Crippen LogP contribution is -2.44. The zero-order valence-electron chi connectivity index (χ0n) is 18.2. The van der Waals surface area contributed by atoms with Crippen LogP contribution in [0.3, 0.4) is 0 Å². The molecular weight excluding hydrogens is 403 g/mol. The Balaban J connectivity index is 1.83. The Labute approximate surface area is 178 Å². The molecule has 2 saturated heterocycles. The van der Waals surface area contributed by atoms with Crippen LogP contribution >= 0.6 is 0 Å². The van der Waals surface area contributed by atoms with Gasteiger partial charge in [-0.2, -0.15) is 0 Å². The minimum Gasteiger partial charge on any atom is -0.396 e. The Morgan fingerprint density at radius 3 is 2.67 bits per heavy atom. The molecule has 0 bridgehead atoms. The maximum atomic E-state index is 15.4. The van der Waals surface area contributed by atoms with E-state index in [1.165, 1.54) is 0 Å². The maximum Gasteiger partial charge on any atom is 0.264 e. The molecule has 30 heavy (non-hydrogen) atoms. The second-order valence-electron chi connectivity index (χ2n) is 9.35. The second-order valence-corrected chi connectivity index (χ2v) is 13.1. The monoisotopic (exact) mass is 434 g/mol. The zero-order chi connectivity index (χ0) is 21.8. The van der Waals surface area contributed by atoms with Gasteiger partial charge in [0.15, 0.2) is 5.60 Å². The van der Waals surface area contributed by atoms with Crippen LogP contribution in [0.2, 0.25) is 18.6 Å². The fourth-order valence-corrected chi connectivity index (χ4v) is 8.33. The Kier molecular flexibility index (Phi) is 5.31. The van der Waals surface area contributed by atoms with Crippen LogP contribution in [-0.4, -0.2) is 51.6 Å². The second kappa shape index (κ2) is 7.42. The number of carbonyl (C=O) groups is 2. The highest BCUT2D eigenvalue weighted by Gasteiger charge is 2.66. The number of piperidine rings is 1. The predicted molar refractivity (Wildman–Crippen MR) is 116 cm³/mol. The summed E-state index contributed by atoms with van der Waals surface area (Å²) in [6.45, 7) is 5.73. The zero-order valence-corrected chi connectivity index (χ0v) is 19.2. The fourth-order valence-electron chi connectivity index (χ4n) is 5.78. The highest BCUT2D eigenvalue weighted by Crippen LogP contribution is 2.60. The average molecular weight is 435 g/mol. The van der Waals surface area contributed by atoms with Crippen molar-refractivity contribution in [2.75, 3.05) is 30.0 Å². The number of fused-ring (bicyclic) bond motifs is 2. The van der Waals surface area contributed by atoms with Crippen molar-refractivity contribution in [3.05, 3.63) is 23.8 Å². The molecule has 1 aromatic carbocycles. The lowest BCUT2D eigenvalue weighted by atomic mass is 9.82. The number of nitrogens with zero attached hydrogens (tertiary/aromatic N) is 2. The molecule has 164 valence electrons. The number of halogens is 1. The minimum atomic E-state index is -3.18. The summed E-state index contributed by atoms with van der Waals surface area (Å²) in [5.41, 5.74) is 0.521. The van der Waals surface area contributed by atoms with Crippen LogP contribution in [-0.2, 0) is 19.9 Å². The van der Waals surface area contributed by atoms with E-state index in [1.54, 1.807) is 29.9 Å². The van der Waals surface area contributed by atoms with Crippen molar-refractivity contribution in [2.45, 2.75) is 62.9 Å². The van der Waals surface area contributed by atoms with Crippen molar-refractivity contribution < 1.29 is 23.5 Å². The van der Waals surface area contributed by atoms with Crippen molar-refractivity contribution in [3.8, 4) is 0 Å². The minimum absolute atomic E-state index is 0.0849. The number of amides is 2. The van der Waals surface area contributed by atoms with E-state index >= 15 is 4.11 Å². The number of likely N-dealkylation sites (N-methyl/N-ethyl adjacent to an activating group) is 1. The summed E-state index contributed by atoms with van der Waals surface area (Å²) in [5.74, 6) is -0.485. The van der Waals surface area contributed by atoms with Crippen molar-refractivity contribution in [1.29, 1.82) is 0 Å². The van der Waals surface area contributed by atoms with Crippen molar-refractivity contribution >= 4 is 31.6 Å². The van der Waals surface area contributed by atoms with E-state index in [0.29, 0.717) is 24.9 Å². The lowest BCUT2D eigenvalue weighted by molar-refractivity contribution is -0.146. The van der Waals surface area contributed by atoms with Gasteiger partial charge in [0, 0.05) is 49.3 Å². The Morgan fingerprint density at radius 1 is 1.30 bits per heavy atom. The van der Waals surface area contributed by atoms with Gasteiger partial charge in [-0.25, -0.2) is 0 Å². The van der Waals surface area contributed by atoms with E-state index in [9.17, 15) is 14.7 Å². The Hall–Kier alpha value is -1.77. The molecule has 0 aromatic heterocycles. The number of hydrogen-bond donors (Lipinski definition) is 1. The summed E-state index contributed by atoms with van der Waals surface area (Å²) in [5, 5.41) is 9.56. The third kappa shape index (κ3) is 3.03. The predicted octanol–water partition coefficient (Wildman–Crippen LogP) is 3.34. The number of aliphatic hydroxyl groups is 1. The smallest absolute Gasteiger partial charge is 0.264 e. The van der Waals surface area contributed by atoms with Crippen LogP contribution in [0, 0.1) is 5.92 Å². The van der Waals surface area contributed by atoms with E-state index in [4.69, 9.17) is 4.74 Å². The lowest BCUT2D eigenvalue weighted by Gasteiger charge is -2.32. The molecule has 0 unspecified atom stereocenters. The largest absolute Gasteiger partial charge is 0.396 e. The molecule has 0 aliphatic carbocycles. The number of hydrogen-bond acceptors (Lipinski definition) is 4. The first-order valence-corrected chi connectivity index (χ1v) is 13.8. The molecule has 3 heterocycles. The molecule has 0 saturated carbocycles. The number of anilines is 2. The summed E-state index contributed by atoms with van der Waals surface area (Å²) >= 11 is 0. The normalized spacial score (nSPS) is 31.7. The molecule has 1 N–H and O–H groups in total. The van der Waals surface area contributed by atoms with Crippen molar-refractivity contribution in [1.82, 2.24) is 0 Å². The van der Waals surface area contributed by atoms with Crippen molar-refractivity contribution in [3.63, 3.8) is 0 Å². The molecule has 4 rings (SSSR count). The van der Waals surface area contributed by atoms with Gasteiger partial charge in [-0.05, 0) is 50.6 Å². The first-order chi connectivity index (χ1) is 14.1. The van der Waals surface area contributed by atoms with E-state index in [-0.39, 0.29) is 24.3 Å². The SMILES string of the molecule is C[C@H]1[C@H]([Si](C)(C)F)[C@@H](CCO)O[C@]12C(=O)N(C)c1ccc(N3CCCCC3=O)cc12. The topological polar surface area (TPSA) is 70.1 Å². The number of carbonyl (C=O) groups excluding carboxylic acids is 2. The molecule has 1 spiro atoms. The molecule has 6 nitrogen and oxygen atoms in total. The molecule has 0 radical (unpaired) electrons. The van der Waals surface area contributed by atoms with Gasteiger partial charge >= 0.3 is 0 Å². The summed E-state index contributed by atoms with van der Waals surface area (Å²) in [6.07, 6.45) is 2.15. The molecule has 3 aliphatic rings. The van der Waals surface area contributed by atoms with Gasteiger partial charge in [0.1, 0.15) is 0 Å². The maximum absolute atomic E-state index is 15.4. The third-order valence-corrected chi connectivity index (χ3v) is 9.58. The van der Waals surface area contributed by atoms with Gasteiger partial charge in [-0.3, -0.25) is 9.59 Å². The van der Waals surface area contributed by atoms with Gasteiger partial charge in [0.2, 0.25) is 14.3 Å². The van der Waals surface area contributed by atoms with E-state index in [1.807, 2.05) is 25.1 Å². The van der Waals surface area contributed by atoms with Gasteiger partial charge < -0.3 is 23.8 Å². The van der Waals surface area contributed by atoms with E-state index in [0.717, 1.165) is 24.2 Å².